The van der Waals surface area contributed by atoms with Crippen LogP contribution >= 0.6 is 0 Å². The fourth-order valence-corrected chi connectivity index (χ4v) is 3.63. The van der Waals surface area contributed by atoms with E-state index in [2.05, 4.69) is 34.5 Å². The van der Waals surface area contributed by atoms with Gasteiger partial charge in [-0.1, -0.05) is 18.2 Å². The number of amides is 2. The van der Waals surface area contributed by atoms with E-state index in [0.29, 0.717) is 32.7 Å². The summed E-state index contributed by atoms with van der Waals surface area (Å²) in [4.78, 5) is 30.1. The normalized spacial score (nSPS) is 15.0. The number of carbonyl (C=O) groups excluding carboxylic acids is 2. The highest BCUT2D eigenvalue weighted by Gasteiger charge is 2.22. The van der Waals surface area contributed by atoms with Crippen LogP contribution in [0.15, 0.2) is 36.4 Å². The van der Waals surface area contributed by atoms with Gasteiger partial charge in [0.15, 0.2) is 0 Å². The third kappa shape index (κ3) is 5.68. The molecule has 0 atom stereocenters. The van der Waals surface area contributed by atoms with Gasteiger partial charge in [-0.15, -0.1) is 0 Å². The molecule has 0 spiro atoms. The maximum Gasteiger partial charge on any atom is 0.236 e. The number of rotatable bonds is 7. The second-order valence-corrected chi connectivity index (χ2v) is 7.55. The number of hydrogen-bond acceptors (Lipinski definition) is 5. The number of piperazine rings is 1. The fraction of sp³-hybridized carbons (Fsp3) is 0.455. The Bertz CT molecular complexity index is 862. The van der Waals surface area contributed by atoms with Crippen LogP contribution in [0.25, 0.3) is 10.8 Å². The van der Waals surface area contributed by atoms with Gasteiger partial charge < -0.3 is 15.0 Å². The minimum atomic E-state index is 0.0124. The Hall–Kier alpha value is -2.64. The average molecular weight is 399 g/mol. The number of fused-ring (bicyclic) bond motifs is 1. The van der Waals surface area contributed by atoms with Gasteiger partial charge in [0.2, 0.25) is 11.8 Å². The Morgan fingerprint density at radius 2 is 1.76 bits per heavy atom. The topological polar surface area (TPSA) is 65.1 Å². The molecule has 0 aliphatic carbocycles. The van der Waals surface area contributed by atoms with E-state index in [1.165, 1.54) is 5.56 Å². The van der Waals surface area contributed by atoms with Crippen molar-refractivity contribution >= 4 is 22.6 Å². The maximum atomic E-state index is 12.6. The minimum Gasteiger partial charge on any atom is -0.497 e. The molecule has 3 rings (SSSR count). The zero-order valence-electron chi connectivity index (χ0n) is 17.5. The van der Waals surface area contributed by atoms with Crippen LogP contribution in [0.5, 0.6) is 5.75 Å². The zero-order valence-corrected chi connectivity index (χ0v) is 17.5. The molecule has 29 heavy (non-hydrogen) atoms. The molecule has 1 N–H and O–H groups in total. The zero-order chi connectivity index (χ0) is 20.8. The molecule has 7 heteroatoms. The molecule has 1 heterocycles. The van der Waals surface area contributed by atoms with Crippen LogP contribution < -0.4 is 10.1 Å². The van der Waals surface area contributed by atoms with Crippen LogP contribution in [0.2, 0.25) is 0 Å². The first-order valence-corrected chi connectivity index (χ1v) is 9.94. The summed E-state index contributed by atoms with van der Waals surface area (Å²) < 4.78 is 5.28. The number of methoxy groups -OCH3 is 1. The second-order valence-electron chi connectivity index (χ2n) is 7.55. The third-order valence-corrected chi connectivity index (χ3v) is 5.34. The number of hydrogen-bond donors (Lipinski definition) is 1. The van der Waals surface area contributed by atoms with E-state index in [-0.39, 0.29) is 11.8 Å². The maximum absolute atomic E-state index is 12.6. The molecule has 0 aromatic heterocycles. The van der Waals surface area contributed by atoms with Crippen molar-refractivity contribution in [3.05, 3.63) is 42.0 Å². The summed E-state index contributed by atoms with van der Waals surface area (Å²) in [5, 5.41) is 4.94. The van der Waals surface area contributed by atoms with E-state index in [1.807, 2.05) is 29.0 Å². The van der Waals surface area contributed by atoms with Crippen molar-refractivity contribution in [2.75, 3.05) is 60.5 Å². The van der Waals surface area contributed by atoms with Crippen molar-refractivity contribution < 1.29 is 14.3 Å². The van der Waals surface area contributed by atoms with Gasteiger partial charge in [-0.3, -0.25) is 19.4 Å². The largest absolute Gasteiger partial charge is 0.497 e. The molecule has 2 aromatic carbocycles. The Morgan fingerprint density at radius 1 is 1.07 bits per heavy atom. The summed E-state index contributed by atoms with van der Waals surface area (Å²) in [7, 11) is 5.28. The first kappa shape index (κ1) is 21.1. The lowest BCUT2D eigenvalue weighted by Gasteiger charge is -2.35. The Balaban J connectivity index is 1.50. The Kier molecular flexibility index (Phi) is 7.06. The highest BCUT2D eigenvalue weighted by molar-refractivity contribution is 5.84. The van der Waals surface area contributed by atoms with E-state index in [0.717, 1.165) is 29.6 Å². The number of benzene rings is 2. The summed E-state index contributed by atoms with van der Waals surface area (Å²) in [6, 6.07) is 12.4. The number of likely N-dealkylation sites (N-methyl/N-ethyl adjacent to an activating group) is 2. The highest BCUT2D eigenvalue weighted by Crippen LogP contribution is 2.22. The van der Waals surface area contributed by atoms with Gasteiger partial charge in [-0.25, -0.2) is 0 Å². The van der Waals surface area contributed by atoms with Gasteiger partial charge in [-0.2, -0.15) is 0 Å². The molecule has 1 fully saturated rings. The Labute approximate surface area is 172 Å². The first-order chi connectivity index (χ1) is 14.0. The van der Waals surface area contributed by atoms with E-state index >= 15 is 0 Å². The minimum absolute atomic E-state index is 0.0124. The predicted octanol–water partition coefficient (Wildman–Crippen LogP) is 1.17. The molecular formula is C22H30N4O3. The summed E-state index contributed by atoms with van der Waals surface area (Å²) in [5.41, 5.74) is 1.17. The summed E-state index contributed by atoms with van der Waals surface area (Å²) in [5.74, 6) is 0.999. The van der Waals surface area contributed by atoms with Crippen LogP contribution in [0.3, 0.4) is 0 Å². The van der Waals surface area contributed by atoms with Crippen molar-refractivity contribution in [2.24, 2.45) is 0 Å². The van der Waals surface area contributed by atoms with E-state index in [1.54, 1.807) is 14.2 Å². The van der Waals surface area contributed by atoms with Crippen LogP contribution in [0.1, 0.15) is 5.56 Å². The Morgan fingerprint density at radius 3 is 2.45 bits per heavy atom. The van der Waals surface area contributed by atoms with Gasteiger partial charge in [0.1, 0.15) is 5.75 Å². The first-order valence-electron chi connectivity index (χ1n) is 9.94. The molecule has 1 aliphatic rings. The van der Waals surface area contributed by atoms with Crippen molar-refractivity contribution in [3.63, 3.8) is 0 Å². The number of carbonyl (C=O) groups is 2. The van der Waals surface area contributed by atoms with Gasteiger partial charge in [-0.05, 0) is 41.6 Å². The van der Waals surface area contributed by atoms with Crippen molar-refractivity contribution in [2.45, 2.75) is 6.54 Å². The second kappa shape index (κ2) is 9.71. The van der Waals surface area contributed by atoms with Gasteiger partial charge >= 0.3 is 0 Å². The van der Waals surface area contributed by atoms with Crippen LogP contribution in [-0.2, 0) is 16.1 Å². The monoisotopic (exact) mass is 398 g/mol. The molecular weight excluding hydrogens is 368 g/mol. The number of nitrogens with zero attached hydrogens (tertiary/aromatic N) is 3. The lowest BCUT2D eigenvalue weighted by atomic mass is 10.1. The molecule has 2 aromatic rings. The van der Waals surface area contributed by atoms with Gasteiger partial charge in [0.05, 0.1) is 20.2 Å². The fourth-order valence-electron chi connectivity index (χ4n) is 3.63. The highest BCUT2D eigenvalue weighted by atomic mass is 16.5. The summed E-state index contributed by atoms with van der Waals surface area (Å²) in [6.07, 6.45) is 0. The van der Waals surface area contributed by atoms with Crippen molar-refractivity contribution in [1.29, 1.82) is 0 Å². The molecule has 0 unspecified atom stereocenters. The number of ether oxygens (including phenoxy) is 1. The lowest BCUT2D eigenvalue weighted by molar-refractivity contribution is -0.134. The third-order valence-electron chi connectivity index (χ3n) is 5.34. The molecule has 0 saturated carbocycles. The standard InChI is InChI=1S/C22H30N4O3/c1-23-21(27)15-25-8-10-26(11-9-25)22(28)16-24(2)14-17-4-5-19-13-20(29-3)7-6-18(19)12-17/h4-7,12-13H,8-11,14-16H2,1-3H3,(H,23,27). The number of nitrogens with one attached hydrogen (secondary N) is 1. The van der Waals surface area contributed by atoms with Crippen LogP contribution in [-0.4, -0.2) is 87.0 Å². The average Bonchev–Trinajstić information content (AvgIpc) is 2.73. The molecule has 0 bridgehead atoms. The molecule has 7 nitrogen and oxygen atoms in total. The van der Waals surface area contributed by atoms with Gasteiger partial charge in [0, 0.05) is 39.8 Å². The van der Waals surface area contributed by atoms with E-state index in [9.17, 15) is 9.59 Å². The van der Waals surface area contributed by atoms with Crippen molar-refractivity contribution in [3.8, 4) is 5.75 Å². The summed E-state index contributed by atoms with van der Waals surface area (Å²) >= 11 is 0. The van der Waals surface area contributed by atoms with E-state index in [4.69, 9.17) is 4.74 Å². The molecule has 0 radical (unpaired) electrons. The quantitative estimate of drug-likeness (QED) is 0.759. The SMILES string of the molecule is CNC(=O)CN1CCN(C(=O)CN(C)Cc2ccc3cc(OC)ccc3c2)CC1. The van der Waals surface area contributed by atoms with Gasteiger partial charge in [0.25, 0.3) is 0 Å². The van der Waals surface area contributed by atoms with Crippen LogP contribution in [0.4, 0.5) is 0 Å². The predicted molar refractivity (Wildman–Crippen MR) is 114 cm³/mol. The van der Waals surface area contributed by atoms with E-state index < -0.39 is 0 Å². The lowest BCUT2D eigenvalue weighted by Crippen LogP contribution is -2.52. The molecule has 1 aliphatic heterocycles. The van der Waals surface area contributed by atoms with Crippen molar-refractivity contribution in [1.82, 2.24) is 20.0 Å². The van der Waals surface area contributed by atoms with Crippen LogP contribution in [0, 0.1) is 0 Å². The molecule has 2 amide bonds. The summed E-state index contributed by atoms with van der Waals surface area (Å²) in [6.45, 7) is 4.30. The molecule has 156 valence electrons. The molecule has 1 saturated heterocycles. The smallest absolute Gasteiger partial charge is 0.236 e.